The molecule has 0 bridgehead atoms. The second-order valence-electron chi connectivity index (χ2n) is 6.55. The van der Waals surface area contributed by atoms with E-state index in [1.165, 1.54) is 0 Å². The van der Waals surface area contributed by atoms with E-state index in [9.17, 15) is 9.59 Å². The Hall–Kier alpha value is -4.08. The van der Waals surface area contributed by atoms with E-state index < -0.39 is 11.9 Å². The molecule has 0 aliphatic rings. The van der Waals surface area contributed by atoms with Gasteiger partial charge in [-0.25, -0.2) is 0 Å². The summed E-state index contributed by atoms with van der Waals surface area (Å²) in [6, 6.07) is 0. The summed E-state index contributed by atoms with van der Waals surface area (Å²) in [5.74, 6) is 0.0492. The van der Waals surface area contributed by atoms with Crippen molar-refractivity contribution in [3.8, 4) is 0 Å². The Morgan fingerprint density at radius 3 is 1.29 bits per heavy atom. The van der Waals surface area contributed by atoms with Crippen molar-refractivity contribution >= 4 is 41.7 Å². The SMILES string of the molecule is CC.Cc1nc(NCCNc2nc(NCCN)nc(NCCC(=O)O)n2)nc(NCCC(=O)O)n1. The first-order valence-electron chi connectivity index (χ1n) is 11.2. The lowest BCUT2D eigenvalue weighted by Gasteiger charge is -2.11. The number of carboxylic acid groups (broad SMARTS) is 2. The Bertz CT molecular complexity index is 931. The highest BCUT2D eigenvalue weighted by Gasteiger charge is 2.08. The number of aryl methyl sites for hydroxylation is 1. The van der Waals surface area contributed by atoms with E-state index >= 15 is 0 Å². The van der Waals surface area contributed by atoms with E-state index in [0.717, 1.165) is 0 Å². The molecule has 0 atom stereocenters. The van der Waals surface area contributed by atoms with Crippen LogP contribution in [-0.2, 0) is 9.59 Å². The Morgan fingerprint density at radius 2 is 0.943 bits per heavy atom. The highest BCUT2D eigenvalue weighted by atomic mass is 16.4. The second-order valence-corrected chi connectivity index (χ2v) is 6.55. The summed E-state index contributed by atoms with van der Waals surface area (Å²) >= 11 is 0. The summed E-state index contributed by atoms with van der Waals surface area (Å²) in [6.45, 7) is 7.73. The zero-order valence-corrected chi connectivity index (χ0v) is 20.1. The average Bonchev–Trinajstić information content (AvgIpc) is 2.81. The number of nitrogens with one attached hydrogen (secondary N) is 5. The number of aliphatic carboxylic acids is 2. The first-order chi connectivity index (χ1) is 16.9. The van der Waals surface area contributed by atoms with Gasteiger partial charge in [-0.05, 0) is 6.92 Å². The molecule has 2 rings (SSSR count). The minimum Gasteiger partial charge on any atom is -0.481 e. The predicted molar refractivity (Wildman–Crippen MR) is 132 cm³/mol. The van der Waals surface area contributed by atoms with E-state index in [0.29, 0.717) is 43.9 Å². The Balaban J connectivity index is 0.00000298. The summed E-state index contributed by atoms with van der Waals surface area (Å²) < 4.78 is 0. The third-order valence-electron chi connectivity index (χ3n) is 3.75. The molecule has 2 aromatic rings. The van der Waals surface area contributed by atoms with Crippen molar-refractivity contribution in [3.05, 3.63) is 5.82 Å². The maximum Gasteiger partial charge on any atom is 0.305 e. The van der Waals surface area contributed by atoms with Crippen LogP contribution in [0.2, 0.25) is 0 Å². The second kappa shape index (κ2) is 16.5. The first kappa shape index (κ1) is 29.0. The molecule has 35 heavy (non-hydrogen) atoms. The third-order valence-corrected chi connectivity index (χ3v) is 3.75. The van der Waals surface area contributed by atoms with Gasteiger partial charge in [0.2, 0.25) is 29.7 Å². The molecule has 194 valence electrons. The van der Waals surface area contributed by atoms with Gasteiger partial charge in [-0.2, -0.15) is 29.9 Å². The molecule has 0 aromatic carbocycles. The van der Waals surface area contributed by atoms with Crippen LogP contribution in [0.3, 0.4) is 0 Å². The van der Waals surface area contributed by atoms with Crippen molar-refractivity contribution in [1.82, 2.24) is 29.9 Å². The van der Waals surface area contributed by atoms with Crippen molar-refractivity contribution in [2.75, 3.05) is 65.9 Å². The quantitative estimate of drug-likeness (QED) is 0.144. The zero-order valence-electron chi connectivity index (χ0n) is 20.1. The Morgan fingerprint density at radius 1 is 0.629 bits per heavy atom. The predicted octanol–water partition coefficient (Wildman–Crippen LogP) is 0.0590. The van der Waals surface area contributed by atoms with Gasteiger partial charge in [-0.15, -0.1) is 0 Å². The van der Waals surface area contributed by atoms with Crippen LogP contribution in [0.1, 0.15) is 32.5 Å². The largest absolute Gasteiger partial charge is 0.481 e. The average molecular weight is 495 g/mol. The number of rotatable bonds is 16. The van der Waals surface area contributed by atoms with Crippen LogP contribution < -0.4 is 32.3 Å². The van der Waals surface area contributed by atoms with Crippen molar-refractivity contribution in [3.63, 3.8) is 0 Å². The van der Waals surface area contributed by atoms with E-state index in [1.807, 2.05) is 13.8 Å². The molecule has 16 heteroatoms. The molecule has 0 saturated heterocycles. The smallest absolute Gasteiger partial charge is 0.305 e. The number of nitrogens with two attached hydrogens (primary N) is 1. The molecule has 0 radical (unpaired) electrons. The standard InChI is InChI=1S/C17H28N12O4.C2H6/c1-10-24-13(19-5-2-11(30)31)26-14(25-10)22-8-9-23-17-28-15(20-6-3-12(32)33)27-16(29-17)21-7-4-18;1-2/h2-9,18H2,1H3,(H,30,31)(H,32,33)(H2,19,22,24,25,26)(H3,20,21,23,27,28,29);1-2H3. The first-order valence-corrected chi connectivity index (χ1v) is 11.2. The highest BCUT2D eigenvalue weighted by molar-refractivity contribution is 5.67. The zero-order chi connectivity index (χ0) is 26.1. The summed E-state index contributed by atoms with van der Waals surface area (Å²) in [6.07, 6.45) is -0.138. The van der Waals surface area contributed by atoms with Crippen molar-refractivity contribution in [2.45, 2.75) is 33.6 Å². The maximum atomic E-state index is 10.7. The van der Waals surface area contributed by atoms with Crippen LogP contribution in [0.25, 0.3) is 0 Å². The molecule has 0 unspecified atom stereocenters. The lowest BCUT2D eigenvalue weighted by atomic mass is 10.4. The van der Waals surface area contributed by atoms with Gasteiger partial charge in [0.1, 0.15) is 5.82 Å². The molecule has 0 fully saturated rings. The van der Waals surface area contributed by atoms with Gasteiger partial charge in [-0.3, -0.25) is 9.59 Å². The highest BCUT2D eigenvalue weighted by Crippen LogP contribution is 2.09. The topological polar surface area (TPSA) is 238 Å². The van der Waals surface area contributed by atoms with Gasteiger partial charge in [0.15, 0.2) is 0 Å². The monoisotopic (exact) mass is 494 g/mol. The van der Waals surface area contributed by atoms with Crippen molar-refractivity contribution in [2.24, 2.45) is 5.73 Å². The fraction of sp³-hybridized carbons (Fsp3) is 0.579. The van der Waals surface area contributed by atoms with Gasteiger partial charge in [-0.1, -0.05) is 13.8 Å². The van der Waals surface area contributed by atoms with Crippen LogP contribution in [0.4, 0.5) is 29.7 Å². The minimum atomic E-state index is -0.934. The number of hydrogen-bond donors (Lipinski definition) is 8. The summed E-state index contributed by atoms with van der Waals surface area (Å²) in [4.78, 5) is 46.5. The lowest BCUT2D eigenvalue weighted by molar-refractivity contribution is -0.137. The summed E-state index contributed by atoms with van der Waals surface area (Å²) in [5, 5.41) is 32.2. The van der Waals surface area contributed by atoms with Crippen LogP contribution in [0, 0.1) is 6.92 Å². The molecule has 0 amide bonds. The van der Waals surface area contributed by atoms with E-state index in [-0.39, 0.29) is 43.8 Å². The molecular weight excluding hydrogens is 460 g/mol. The Labute approximate surface area is 203 Å². The minimum absolute atomic E-state index is 0.0569. The number of carbonyl (C=O) groups is 2. The van der Waals surface area contributed by atoms with Gasteiger partial charge in [0, 0.05) is 39.3 Å². The van der Waals surface area contributed by atoms with Gasteiger partial charge in [0.25, 0.3) is 0 Å². The summed E-state index contributed by atoms with van der Waals surface area (Å²) in [7, 11) is 0. The molecule has 0 saturated carbocycles. The number of hydrogen-bond acceptors (Lipinski definition) is 14. The number of carboxylic acids is 2. The molecule has 0 spiro atoms. The third kappa shape index (κ3) is 12.7. The molecule has 0 aliphatic carbocycles. The lowest BCUT2D eigenvalue weighted by Crippen LogP contribution is -2.20. The van der Waals surface area contributed by atoms with Crippen molar-refractivity contribution in [1.29, 1.82) is 0 Å². The number of nitrogens with zero attached hydrogens (tertiary/aromatic N) is 6. The molecular formula is C19H34N12O4. The van der Waals surface area contributed by atoms with Gasteiger partial charge < -0.3 is 42.5 Å². The fourth-order valence-corrected chi connectivity index (χ4v) is 2.35. The van der Waals surface area contributed by atoms with Crippen LogP contribution >= 0.6 is 0 Å². The van der Waals surface area contributed by atoms with Crippen LogP contribution in [0.5, 0.6) is 0 Å². The number of anilines is 5. The summed E-state index contributed by atoms with van der Waals surface area (Å²) in [5.41, 5.74) is 5.50. The number of aromatic nitrogens is 6. The molecule has 0 aliphatic heterocycles. The molecule has 9 N–H and O–H groups in total. The van der Waals surface area contributed by atoms with E-state index in [2.05, 4.69) is 56.5 Å². The maximum absolute atomic E-state index is 10.7. The molecule has 2 heterocycles. The van der Waals surface area contributed by atoms with Crippen molar-refractivity contribution < 1.29 is 19.8 Å². The molecule has 16 nitrogen and oxygen atoms in total. The van der Waals surface area contributed by atoms with Gasteiger partial charge >= 0.3 is 11.9 Å². The van der Waals surface area contributed by atoms with Gasteiger partial charge in [0.05, 0.1) is 12.8 Å². The normalized spacial score (nSPS) is 9.94. The van der Waals surface area contributed by atoms with Crippen LogP contribution in [-0.4, -0.2) is 91.3 Å². The molecule has 2 aromatic heterocycles. The fourth-order valence-electron chi connectivity index (χ4n) is 2.35. The van der Waals surface area contributed by atoms with E-state index in [1.54, 1.807) is 6.92 Å². The van der Waals surface area contributed by atoms with E-state index in [4.69, 9.17) is 15.9 Å². The van der Waals surface area contributed by atoms with Crippen LogP contribution in [0.15, 0.2) is 0 Å². The Kier molecular flexibility index (Phi) is 13.7.